The van der Waals surface area contributed by atoms with Crippen LogP contribution < -0.4 is 0 Å². The molecule has 0 aliphatic rings. The van der Waals surface area contributed by atoms with Gasteiger partial charge in [0.1, 0.15) is 0 Å². The fourth-order valence-corrected chi connectivity index (χ4v) is 0.891. The molecule has 0 fully saturated rings. The monoisotopic (exact) mass is 310 g/mol. The van der Waals surface area contributed by atoms with Crippen LogP contribution in [0.25, 0.3) is 0 Å². The second-order valence-corrected chi connectivity index (χ2v) is 2.71. The minimum atomic E-state index is -0.296. The fourth-order valence-electron chi connectivity index (χ4n) is 0.755. The molecule has 0 aliphatic heterocycles. The zero-order chi connectivity index (χ0) is 14.2. The molecule has 0 aromatic heterocycles. The average Bonchev–Trinajstić information content (AvgIpc) is 3.03. The summed E-state index contributed by atoms with van der Waals surface area (Å²) in [4.78, 5) is 10.5. The molecule has 3 nitrogen and oxygen atoms in total. The van der Waals surface area contributed by atoms with Crippen molar-refractivity contribution < 1.29 is 31.2 Å². The maximum absolute atomic E-state index is 10.5. The van der Waals surface area contributed by atoms with Crippen molar-refractivity contribution in [3.63, 3.8) is 0 Å². The van der Waals surface area contributed by atoms with Crippen LogP contribution in [0.3, 0.4) is 0 Å². The number of carbonyl (C=O) groups excluding carboxylic acids is 1. The minimum absolute atomic E-state index is 0. The van der Waals surface area contributed by atoms with Gasteiger partial charge in [-0.15, -0.1) is 0 Å². The fraction of sp³-hybridized carbons (Fsp3) is 0. The van der Waals surface area contributed by atoms with Crippen LogP contribution >= 0.6 is 0 Å². The Morgan fingerprint density at radius 2 is 1.47 bits per heavy atom. The maximum atomic E-state index is 10.5. The van der Waals surface area contributed by atoms with Gasteiger partial charge in [0.15, 0.2) is 0 Å². The predicted molar refractivity (Wildman–Crippen MR) is 63.4 cm³/mol. The van der Waals surface area contributed by atoms with Crippen LogP contribution in [0.15, 0.2) is 36.4 Å². The number of benzene rings is 1. The van der Waals surface area contributed by atoms with Crippen molar-refractivity contribution in [1.29, 1.82) is 0 Å². The summed E-state index contributed by atoms with van der Waals surface area (Å²) in [6, 6.07) is 20.8. The summed E-state index contributed by atoms with van der Waals surface area (Å²) in [5.74, 6) is 0. The Balaban J connectivity index is -0.000000220. The Bertz CT molecular complexity index is 412. The van der Waals surface area contributed by atoms with E-state index < -0.39 is 0 Å². The molecule has 0 aliphatic carbocycles. The molecule has 0 heterocycles. The smallest absolute Gasteiger partial charge is 0 e. The maximum Gasteiger partial charge on any atom is 0 e. The number of rotatable bonds is 1. The third-order valence-electron chi connectivity index (χ3n) is 1.36. The Labute approximate surface area is 128 Å². The summed E-state index contributed by atoms with van der Waals surface area (Å²) >= 11 is 4.41. The number of hydrogen-bond donors (Lipinski definition) is 0. The molecule has 5 heteroatoms. The molecule has 0 spiro atoms. The largest absolute Gasteiger partial charge is 0.999 e. The molecule has 0 radical (unpaired) electrons. The van der Waals surface area contributed by atoms with Gasteiger partial charge in [-0.1, -0.05) is 30.3 Å². The average molecular weight is 310 g/mol. The summed E-state index contributed by atoms with van der Waals surface area (Å²) < 4.78 is 15.0. The molecule has 0 amide bonds. The first kappa shape index (κ1) is 22.6. The number of carbonyl (C=O) groups is 1. The van der Waals surface area contributed by atoms with Crippen LogP contribution in [0.2, 0.25) is 0 Å². The molecular weight excluding hydrogens is 304 g/mol. The van der Waals surface area contributed by atoms with Crippen LogP contribution in [0.4, 0.5) is 0 Å². The predicted octanol–water partition coefficient (Wildman–Crippen LogP) is 1.90. The quantitative estimate of drug-likeness (QED) is 0.350. The molecule has 2 aromatic rings. The molecule has 0 saturated carbocycles. The van der Waals surface area contributed by atoms with Crippen molar-refractivity contribution in [1.82, 2.24) is 0 Å². The summed E-state index contributed by atoms with van der Waals surface area (Å²) in [6.07, 6.45) is 0. The second-order valence-electron chi connectivity index (χ2n) is 2.34. The molecular formula is C14H6FeO3S-6. The third-order valence-corrected chi connectivity index (χ3v) is 1.60. The molecule has 100 valence electrons. The van der Waals surface area contributed by atoms with Crippen molar-refractivity contribution in [2.24, 2.45) is 0 Å². The van der Waals surface area contributed by atoms with E-state index in [4.69, 9.17) is 9.30 Å². The number of hydrogen-bond acceptors (Lipinski definition) is 2. The minimum Gasteiger partial charge on any atom is -0.999 e. The molecule has 0 saturated heterocycles. The molecule has 2 aromatic carbocycles. The van der Waals surface area contributed by atoms with Crippen molar-refractivity contribution in [2.75, 3.05) is 0 Å². The first-order valence-corrected chi connectivity index (χ1v) is 4.71. The van der Waals surface area contributed by atoms with Crippen LogP contribution in [0.1, 0.15) is 10.4 Å². The second kappa shape index (κ2) is 18.8. The van der Waals surface area contributed by atoms with Crippen molar-refractivity contribution in [2.45, 2.75) is 0 Å². The van der Waals surface area contributed by atoms with Gasteiger partial charge in [-0.25, -0.2) is 0 Å². The van der Waals surface area contributed by atoms with E-state index in [1.54, 1.807) is 30.3 Å². The van der Waals surface area contributed by atoms with E-state index in [1.165, 1.54) is 0 Å². The Morgan fingerprint density at radius 3 is 1.68 bits per heavy atom. The summed E-state index contributed by atoms with van der Waals surface area (Å²) in [6.45, 7) is 9.00. The van der Waals surface area contributed by atoms with Crippen molar-refractivity contribution in [3.8, 4) is 0 Å². The van der Waals surface area contributed by atoms with E-state index in [2.05, 4.69) is 50.2 Å². The van der Waals surface area contributed by atoms with E-state index in [9.17, 15) is 4.79 Å². The third kappa shape index (κ3) is 14.4. The molecule has 0 N–H and O–H groups in total. The summed E-state index contributed by atoms with van der Waals surface area (Å²) in [5, 5.41) is -0.296. The van der Waals surface area contributed by atoms with Gasteiger partial charge in [-0.3, -0.25) is 0 Å². The van der Waals surface area contributed by atoms with Gasteiger partial charge in [-0.2, -0.15) is 0 Å². The van der Waals surface area contributed by atoms with Gasteiger partial charge in [0.05, 0.1) is 0 Å². The van der Waals surface area contributed by atoms with Crippen LogP contribution in [0.5, 0.6) is 0 Å². The Hall–Kier alpha value is -1.54. The zero-order valence-corrected chi connectivity index (χ0v) is 11.4. The first-order chi connectivity index (χ1) is 8.80. The molecule has 0 unspecified atom stereocenters. The van der Waals surface area contributed by atoms with Gasteiger partial charge in [0.2, 0.25) is 0 Å². The molecule has 0 atom stereocenters. The van der Waals surface area contributed by atoms with E-state index in [0.29, 0.717) is 5.56 Å². The van der Waals surface area contributed by atoms with Crippen LogP contribution in [-0.4, -0.2) is 5.12 Å². The Morgan fingerprint density at radius 1 is 1.05 bits per heavy atom. The van der Waals surface area contributed by atoms with Gasteiger partial charge in [0.25, 0.3) is 0 Å². The van der Waals surface area contributed by atoms with Gasteiger partial charge >= 0.3 is 22.6 Å². The topological polar surface area (TPSA) is 56.9 Å². The van der Waals surface area contributed by atoms with Crippen molar-refractivity contribution >= 4 is 17.7 Å². The normalized spacial score (nSPS) is 6.53. The summed E-state index contributed by atoms with van der Waals surface area (Å²) in [7, 11) is 0. The van der Waals surface area contributed by atoms with E-state index in [-0.39, 0.29) is 22.2 Å². The SMILES string of the molecule is O=C([S-])c1ccccc1.[C-]#[O+].[C-]#[O+].[Fe].[c-]1[c-][c-][cH-][c-]1. The van der Waals surface area contributed by atoms with E-state index in [0.717, 1.165) is 0 Å². The van der Waals surface area contributed by atoms with Gasteiger partial charge in [0, 0.05) is 22.2 Å². The molecule has 0 bridgehead atoms. The first-order valence-electron chi connectivity index (χ1n) is 4.30. The van der Waals surface area contributed by atoms with E-state index in [1.807, 2.05) is 6.07 Å². The van der Waals surface area contributed by atoms with Gasteiger partial charge in [-0.05, 0) is 5.56 Å². The molecule has 2 rings (SSSR count). The Kier molecular flexibility index (Phi) is 22.4. The van der Waals surface area contributed by atoms with Crippen LogP contribution in [0, 0.1) is 37.6 Å². The van der Waals surface area contributed by atoms with Crippen molar-refractivity contribution in [3.05, 3.63) is 79.5 Å². The molecule has 19 heavy (non-hydrogen) atoms. The van der Waals surface area contributed by atoms with E-state index >= 15 is 0 Å². The summed E-state index contributed by atoms with van der Waals surface area (Å²) in [5.41, 5.74) is 0.590. The zero-order valence-electron chi connectivity index (χ0n) is 9.45. The standard InChI is InChI=1S/C7H6OS.C5H.2CO.Fe/c8-7(9)6-4-2-1-3-5-6;1-2-4-5-3-1;2*1-2;/h1-5H,(H,8,9);1H;;;/q;-5;;;/p-1. The van der Waals surface area contributed by atoms with Gasteiger partial charge < -0.3 is 47.8 Å². The van der Waals surface area contributed by atoms with Crippen LogP contribution in [-0.2, 0) is 39.0 Å².